The lowest BCUT2D eigenvalue weighted by atomic mass is 10.4. The normalized spacial score (nSPS) is 10.4. The van der Waals surface area contributed by atoms with Gasteiger partial charge in [0.25, 0.3) is 0 Å². The molecule has 0 aliphatic rings. The Bertz CT molecular complexity index is 228. The zero-order valence-electron chi connectivity index (χ0n) is 6.73. The van der Waals surface area contributed by atoms with Gasteiger partial charge in [0.15, 0.2) is 0 Å². The number of nitrogens with zero attached hydrogens (tertiary/aromatic N) is 3. The van der Waals surface area contributed by atoms with Crippen LogP contribution in [0.1, 0.15) is 5.69 Å². The van der Waals surface area contributed by atoms with Gasteiger partial charge in [-0.1, -0.05) is 6.07 Å². The van der Waals surface area contributed by atoms with Crippen LogP contribution in [0.25, 0.3) is 0 Å². The van der Waals surface area contributed by atoms with E-state index in [2.05, 4.69) is 10.1 Å². The van der Waals surface area contributed by atoms with Crippen molar-refractivity contribution in [3.05, 3.63) is 30.1 Å². The molecule has 3 heteroatoms. The van der Waals surface area contributed by atoms with E-state index in [0.29, 0.717) is 0 Å². The Labute approximate surface area is 66.4 Å². The minimum atomic E-state index is 0.876. The van der Waals surface area contributed by atoms with Gasteiger partial charge < -0.3 is 5.01 Å². The molecule has 0 saturated heterocycles. The van der Waals surface area contributed by atoms with Crippen LogP contribution in [0.4, 0.5) is 0 Å². The predicted molar refractivity (Wildman–Crippen MR) is 45.5 cm³/mol. The quantitative estimate of drug-likeness (QED) is 0.463. The third kappa shape index (κ3) is 2.80. The highest BCUT2D eigenvalue weighted by Crippen LogP contribution is 1.88. The number of hydrogen-bond acceptors (Lipinski definition) is 3. The van der Waals surface area contributed by atoms with E-state index in [4.69, 9.17) is 0 Å². The van der Waals surface area contributed by atoms with Gasteiger partial charge in [0.1, 0.15) is 0 Å². The molecule has 0 amide bonds. The van der Waals surface area contributed by atoms with Crippen molar-refractivity contribution in [2.75, 3.05) is 14.1 Å². The fourth-order valence-corrected chi connectivity index (χ4v) is 0.627. The van der Waals surface area contributed by atoms with E-state index < -0.39 is 0 Å². The van der Waals surface area contributed by atoms with Gasteiger partial charge in [-0.15, -0.1) is 0 Å². The molecule has 0 unspecified atom stereocenters. The molecule has 0 aliphatic carbocycles. The molecule has 0 saturated carbocycles. The van der Waals surface area contributed by atoms with E-state index >= 15 is 0 Å². The molecule has 1 aromatic heterocycles. The molecule has 58 valence electrons. The molecule has 0 atom stereocenters. The second kappa shape index (κ2) is 3.71. The standard InChI is InChI=1S/C8H11N3/c1-11(2)10-7-8-5-3-4-6-9-8/h3-7H,1-2H3/b10-7+. The number of rotatable bonds is 2. The van der Waals surface area contributed by atoms with Crippen LogP contribution in [0.2, 0.25) is 0 Å². The summed E-state index contributed by atoms with van der Waals surface area (Å²) in [4.78, 5) is 4.07. The van der Waals surface area contributed by atoms with E-state index in [9.17, 15) is 0 Å². The van der Waals surface area contributed by atoms with Crippen molar-refractivity contribution in [1.29, 1.82) is 0 Å². The molecule has 0 N–H and O–H groups in total. The molecule has 0 aromatic carbocycles. The minimum absolute atomic E-state index is 0.876. The topological polar surface area (TPSA) is 28.5 Å². The summed E-state index contributed by atoms with van der Waals surface area (Å²) in [6.07, 6.45) is 3.47. The van der Waals surface area contributed by atoms with Gasteiger partial charge in [-0.3, -0.25) is 4.98 Å². The van der Waals surface area contributed by atoms with Gasteiger partial charge >= 0.3 is 0 Å². The lowest BCUT2D eigenvalue weighted by molar-refractivity contribution is 0.440. The van der Waals surface area contributed by atoms with Gasteiger partial charge in [0.2, 0.25) is 0 Å². The minimum Gasteiger partial charge on any atom is -0.303 e. The molecule has 0 fully saturated rings. The van der Waals surface area contributed by atoms with E-state index in [1.54, 1.807) is 17.4 Å². The van der Waals surface area contributed by atoms with Crippen molar-refractivity contribution in [3.63, 3.8) is 0 Å². The smallest absolute Gasteiger partial charge is 0.0830 e. The van der Waals surface area contributed by atoms with Gasteiger partial charge in [-0.05, 0) is 12.1 Å². The first-order valence-corrected chi connectivity index (χ1v) is 3.41. The Balaban J connectivity index is 2.65. The van der Waals surface area contributed by atoms with Crippen LogP contribution in [-0.4, -0.2) is 30.3 Å². The fourth-order valence-electron chi connectivity index (χ4n) is 0.627. The van der Waals surface area contributed by atoms with Crippen LogP contribution in [0.3, 0.4) is 0 Å². The second-order valence-corrected chi connectivity index (χ2v) is 2.35. The molecular formula is C8H11N3. The van der Waals surface area contributed by atoms with Crippen molar-refractivity contribution < 1.29 is 0 Å². The maximum absolute atomic E-state index is 4.07. The first-order chi connectivity index (χ1) is 5.29. The van der Waals surface area contributed by atoms with E-state index in [1.807, 2.05) is 32.3 Å². The Morgan fingerprint density at radius 2 is 2.27 bits per heavy atom. The van der Waals surface area contributed by atoms with Crippen LogP contribution >= 0.6 is 0 Å². The molecule has 0 spiro atoms. The van der Waals surface area contributed by atoms with Crippen LogP contribution in [0.5, 0.6) is 0 Å². The average Bonchev–Trinajstić information content (AvgIpc) is 2.03. The van der Waals surface area contributed by atoms with E-state index in [1.165, 1.54) is 0 Å². The average molecular weight is 149 g/mol. The highest BCUT2D eigenvalue weighted by Gasteiger charge is 1.84. The summed E-state index contributed by atoms with van der Waals surface area (Å²) in [5, 5.41) is 5.77. The highest BCUT2D eigenvalue weighted by molar-refractivity contribution is 5.76. The largest absolute Gasteiger partial charge is 0.303 e. The van der Waals surface area contributed by atoms with Crippen molar-refractivity contribution >= 4 is 6.21 Å². The molecule has 1 aromatic rings. The maximum Gasteiger partial charge on any atom is 0.0830 e. The van der Waals surface area contributed by atoms with Crippen LogP contribution < -0.4 is 0 Å². The monoisotopic (exact) mass is 149 g/mol. The highest BCUT2D eigenvalue weighted by atomic mass is 15.4. The Kier molecular flexibility index (Phi) is 2.60. The number of hydrogen-bond donors (Lipinski definition) is 0. The van der Waals surface area contributed by atoms with E-state index in [0.717, 1.165) is 5.69 Å². The third-order valence-electron chi connectivity index (χ3n) is 1.11. The molecular weight excluding hydrogens is 138 g/mol. The maximum atomic E-state index is 4.07. The molecule has 1 rings (SSSR count). The summed E-state index contributed by atoms with van der Waals surface area (Å²) in [5.41, 5.74) is 0.876. The first kappa shape index (κ1) is 7.72. The number of pyridine rings is 1. The Hall–Kier alpha value is -1.38. The molecule has 11 heavy (non-hydrogen) atoms. The Morgan fingerprint density at radius 3 is 2.82 bits per heavy atom. The van der Waals surface area contributed by atoms with Gasteiger partial charge in [-0.2, -0.15) is 5.10 Å². The van der Waals surface area contributed by atoms with Crippen molar-refractivity contribution in [2.24, 2.45) is 5.10 Å². The summed E-state index contributed by atoms with van der Waals surface area (Å²) >= 11 is 0. The summed E-state index contributed by atoms with van der Waals surface area (Å²) in [7, 11) is 3.75. The van der Waals surface area contributed by atoms with Gasteiger partial charge in [0.05, 0.1) is 11.9 Å². The number of aromatic nitrogens is 1. The van der Waals surface area contributed by atoms with E-state index in [-0.39, 0.29) is 0 Å². The summed E-state index contributed by atoms with van der Waals surface area (Å²) in [6, 6.07) is 5.73. The molecule has 0 bridgehead atoms. The summed E-state index contributed by atoms with van der Waals surface area (Å²) in [6.45, 7) is 0. The molecule has 0 aliphatic heterocycles. The Morgan fingerprint density at radius 1 is 1.45 bits per heavy atom. The van der Waals surface area contributed by atoms with Crippen molar-refractivity contribution in [1.82, 2.24) is 9.99 Å². The van der Waals surface area contributed by atoms with Crippen LogP contribution in [0.15, 0.2) is 29.5 Å². The van der Waals surface area contributed by atoms with Gasteiger partial charge in [0, 0.05) is 20.3 Å². The molecule has 3 nitrogen and oxygen atoms in total. The number of hydrazone groups is 1. The molecule has 0 radical (unpaired) electrons. The second-order valence-electron chi connectivity index (χ2n) is 2.35. The summed E-state index contributed by atoms with van der Waals surface area (Å²) in [5.74, 6) is 0. The zero-order chi connectivity index (χ0) is 8.10. The molecule has 1 heterocycles. The lowest BCUT2D eigenvalue weighted by Gasteiger charge is -2.00. The van der Waals surface area contributed by atoms with Crippen LogP contribution in [0, 0.1) is 0 Å². The van der Waals surface area contributed by atoms with Crippen LogP contribution in [-0.2, 0) is 0 Å². The third-order valence-corrected chi connectivity index (χ3v) is 1.11. The fraction of sp³-hybridized carbons (Fsp3) is 0.250. The lowest BCUT2D eigenvalue weighted by Crippen LogP contribution is -2.02. The van der Waals surface area contributed by atoms with Crippen molar-refractivity contribution in [2.45, 2.75) is 0 Å². The zero-order valence-corrected chi connectivity index (χ0v) is 6.73. The summed E-state index contributed by atoms with van der Waals surface area (Å²) < 4.78 is 0. The van der Waals surface area contributed by atoms with Gasteiger partial charge in [-0.25, -0.2) is 0 Å². The van der Waals surface area contributed by atoms with Crippen molar-refractivity contribution in [3.8, 4) is 0 Å². The first-order valence-electron chi connectivity index (χ1n) is 3.41. The predicted octanol–water partition coefficient (Wildman–Crippen LogP) is 0.977. The SMILES string of the molecule is CN(C)/N=C/c1ccccn1.